The van der Waals surface area contributed by atoms with Crippen LogP contribution in [0.25, 0.3) is 0 Å². The van der Waals surface area contributed by atoms with E-state index in [1.165, 1.54) is 11.3 Å². The van der Waals surface area contributed by atoms with E-state index in [0.717, 1.165) is 32.7 Å². The second-order valence-corrected chi connectivity index (χ2v) is 7.99. The molecular weight excluding hydrogens is 352 g/mol. The van der Waals surface area contributed by atoms with Gasteiger partial charge in [0.05, 0.1) is 6.61 Å². The third-order valence-corrected chi connectivity index (χ3v) is 6.99. The van der Waals surface area contributed by atoms with Gasteiger partial charge in [-0.15, -0.1) is 11.3 Å². The lowest BCUT2D eigenvalue weighted by Crippen LogP contribution is -2.36. The summed E-state index contributed by atoms with van der Waals surface area (Å²) in [5, 5.41) is 1.75. The highest BCUT2D eigenvalue weighted by Gasteiger charge is 2.19. The molecule has 0 amide bonds. The third kappa shape index (κ3) is 4.51. The summed E-state index contributed by atoms with van der Waals surface area (Å²) >= 11 is 4.46. The zero-order valence-corrected chi connectivity index (χ0v) is 13.7. The highest BCUT2D eigenvalue weighted by atomic mass is 79.9. The summed E-state index contributed by atoms with van der Waals surface area (Å²) in [4.78, 5) is 2.22. The molecule has 1 aliphatic rings. The Labute approximate surface area is 126 Å². The Morgan fingerprint density at radius 3 is 3.00 bits per heavy atom. The van der Waals surface area contributed by atoms with Crippen LogP contribution >= 0.6 is 27.3 Å². The number of thiophene rings is 1. The summed E-state index contributed by atoms with van der Waals surface area (Å²) in [6.45, 7) is 4.49. The number of sulfonamides is 1. The second-order valence-electron chi connectivity index (χ2n) is 4.26. The van der Waals surface area contributed by atoms with Gasteiger partial charge in [-0.05, 0) is 33.8 Å². The Morgan fingerprint density at radius 2 is 2.26 bits per heavy atom. The van der Waals surface area contributed by atoms with E-state index in [0.29, 0.717) is 21.8 Å². The summed E-state index contributed by atoms with van der Waals surface area (Å²) in [5.41, 5.74) is 0. The van der Waals surface area contributed by atoms with Gasteiger partial charge >= 0.3 is 0 Å². The van der Waals surface area contributed by atoms with Gasteiger partial charge in [-0.3, -0.25) is 4.90 Å². The SMILES string of the molecule is O=S(=O)(NCCN1CCCOCC1)c1sccc1Br. The Bertz CT molecular complexity index is 496. The molecule has 5 nitrogen and oxygen atoms in total. The molecule has 2 heterocycles. The van der Waals surface area contributed by atoms with Gasteiger partial charge in [0.1, 0.15) is 4.21 Å². The van der Waals surface area contributed by atoms with Crippen molar-refractivity contribution in [3.8, 4) is 0 Å². The predicted octanol–water partition coefficient (Wildman–Crippen LogP) is 1.51. The minimum Gasteiger partial charge on any atom is -0.380 e. The fourth-order valence-electron chi connectivity index (χ4n) is 1.90. The van der Waals surface area contributed by atoms with Gasteiger partial charge < -0.3 is 4.74 Å². The van der Waals surface area contributed by atoms with Crippen LogP contribution < -0.4 is 4.72 Å². The van der Waals surface area contributed by atoms with Gasteiger partial charge in [0.15, 0.2) is 0 Å². The van der Waals surface area contributed by atoms with E-state index in [2.05, 4.69) is 25.6 Å². The van der Waals surface area contributed by atoms with E-state index in [1.54, 1.807) is 11.4 Å². The Balaban J connectivity index is 1.83. The topological polar surface area (TPSA) is 58.6 Å². The standard InChI is InChI=1S/C11H17BrN2O3S2/c12-10-2-9-18-11(10)19(15,16)13-3-5-14-4-1-7-17-8-6-14/h2,9,13H,1,3-8H2. The van der Waals surface area contributed by atoms with Crippen LogP contribution in [0.15, 0.2) is 20.1 Å². The molecule has 0 atom stereocenters. The molecule has 1 aromatic rings. The van der Waals surface area contributed by atoms with E-state index in [9.17, 15) is 8.42 Å². The van der Waals surface area contributed by atoms with Crippen LogP contribution in [0, 0.1) is 0 Å². The molecule has 108 valence electrons. The van der Waals surface area contributed by atoms with Crippen molar-refractivity contribution in [3.05, 3.63) is 15.9 Å². The van der Waals surface area contributed by atoms with Crippen LogP contribution in [0.2, 0.25) is 0 Å². The van der Waals surface area contributed by atoms with Crippen LogP contribution in [-0.4, -0.2) is 52.7 Å². The highest BCUT2D eigenvalue weighted by molar-refractivity contribution is 9.10. The number of ether oxygens (including phenoxy) is 1. The zero-order valence-electron chi connectivity index (χ0n) is 10.5. The maximum absolute atomic E-state index is 12.0. The van der Waals surface area contributed by atoms with Crippen molar-refractivity contribution in [2.24, 2.45) is 0 Å². The Kier molecular flexibility index (Phi) is 5.79. The summed E-state index contributed by atoms with van der Waals surface area (Å²) in [6, 6.07) is 1.74. The van der Waals surface area contributed by atoms with Crippen molar-refractivity contribution in [1.29, 1.82) is 0 Å². The predicted molar refractivity (Wildman–Crippen MR) is 79.1 cm³/mol. The molecule has 8 heteroatoms. The summed E-state index contributed by atoms with van der Waals surface area (Å²) < 4.78 is 33.1. The molecule has 0 radical (unpaired) electrons. The van der Waals surface area contributed by atoms with Gasteiger partial charge in [0.2, 0.25) is 0 Å². The molecular formula is C11H17BrN2O3S2. The lowest BCUT2D eigenvalue weighted by molar-refractivity contribution is 0.142. The largest absolute Gasteiger partial charge is 0.380 e. The van der Waals surface area contributed by atoms with E-state index in [4.69, 9.17) is 4.74 Å². The Morgan fingerprint density at radius 1 is 1.42 bits per heavy atom. The zero-order chi connectivity index (χ0) is 13.7. The minimum atomic E-state index is -3.39. The first-order valence-electron chi connectivity index (χ1n) is 6.12. The number of hydrogen-bond acceptors (Lipinski definition) is 5. The molecule has 1 N–H and O–H groups in total. The van der Waals surface area contributed by atoms with Crippen molar-refractivity contribution in [2.75, 3.05) is 39.4 Å². The number of hydrogen-bond donors (Lipinski definition) is 1. The normalized spacial score (nSPS) is 18.4. The van der Waals surface area contributed by atoms with Gasteiger partial charge in [0.25, 0.3) is 10.0 Å². The first-order valence-corrected chi connectivity index (χ1v) is 9.28. The summed E-state index contributed by atoms with van der Waals surface area (Å²) in [5.74, 6) is 0. The lowest BCUT2D eigenvalue weighted by Gasteiger charge is -2.18. The van der Waals surface area contributed by atoms with Crippen molar-refractivity contribution < 1.29 is 13.2 Å². The van der Waals surface area contributed by atoms with E-state index in [-0.39, 0.29) is 0 Å². The maximum Gasteiger partial charge on any atom is 0.251 e. The van der Waals surface area contributed by atoms with Crippen molar-refractivity contribution in [2.45, 2.75) is 10.6 Å². The van der Waals surface area contributed by atoms with Crippen LogP contribution in [0.4, 0.5) is 0 Å². The lowest BCUT2D eigenvalue weighted by atomic mass is 10.4. The van der Waals surface area contributed by atoms with Gasteiger partial charge in [-0.2, -0.15) is 0 Å². The first-order chi connectivity index (χ1) is 9.09. The quantitative estimate of drug-likeness (QED) is 0.855. The van der Waals surface area contributed by atoms with Crippen molar-refractivity contribution in [1.82, 2.24) is 9.62 Å². The summed E-state index contributed by atoms with van der Waals surface area (Å²) in [7, 11) is -3.39. The first kappa shape index (κ1) is 15.4. The van der Waals surface area contributed by atoms with Crippen LogP contribution in [0.1, 0.15) is 6.42 Å². The van der Waals surface area contributed by atoms with Crippen LogP contribution in [0.5, 0.6) is 0 Å². The molecule has 1 aromatic heterocycles. The van der Waals surface area contributed by atoms with E-state index < -0.39 is 10.0 Å². The second kappa shape index (κ2) is 7.14. The Hall–Kier alpha value is 0.01000. The third-order valence-electron chi connectivity index (χ3n) is 2.86. The van der Waals surface area contributed by atoms with Gasteiger partial charge in [-0.25, -0.2) is 13.1 Å². The number of nitrogens with one attached hydrogen (secondary N) is 1. The van der Waals surface area contributed by atoms with E-state index >= 15 is 0 Å². The fraction of sp³-hybridized carbons (Fsp3) is 0.636. The smallest absolute Gasteiger partial charge is 0.251 e. The summed E-state index contributed by atoms with van der Waals surface area (Å²) in [6.07, 6.45) is 1.00. The molecule has 0 aromatic carbocycles. The molecule has 0 spiro atoms. The highest BCUT2D eigenvalue weighted by Crippen LogP contribution is 2.27. The molecule has 1 aliphatic heterocycles. The molecule has 0 saturated carbocycles. The average Bonchev–Trinajstić information content (AvgIpc) is 2.63. The monoisotopic (exact) mass is 368 g/mol. The van der Waals surface area contributed by atoms with Gasteiger partial charge in [0, 0.05) is 37.3 Å². The molecule has 0 aliphatic carbocycles. The van der Waals surface area contributed by atoms with Crippen molar-refractivity contribution >= 4 is 37.3 Å². The minimum absolute atomic E-state index is 0.340. The van der Waals surface area contributed by atoms with Crippen LogP contribution in [0.3, 0.4) is 0 Å². The fourth-order valence-corrected chi connectivity index (χ4v) is 5.30. The van der Waals surface area contributed by atoms with Crippen LogP contribution in [-0.2, 0) is 14.8 Å². The molecule has 0 unspecified atom stereocenters. The molecule has 19 heavy (non-hydrogen) atoms. The number of nitrogens with zero attached hydrogens (tertiary/aromatic N) is 1. The average molecular weight is 369 g/mol. The molecule has 1 fully saturated rings. The van der Waals surface area contributed by atoms with Crippen molar-refractivity contribution in [3.63, 3.8) is 0 Å². The number of halogens is 1. The van der Waals surface area contributed by atoms with Gasteiger partial charge in [-0.1, -0.05) is 0 Å². The number of rotatable bonds is 5. The molecule has 1 saturated heterocycles. The maximum atomic E-state index is 12.0. The molecule has 2 rings (SSSR count). The molecule has 0 bridgehead atoms. The van der Waals surface area contributed by atoms with E-state index in [1.807, 2.05) is 0 Å².